The molecule has 1 aliphatic rings. The van der Waals surface area contributed by atoms with Gasteiger partial charge in [0.15, 0.2) is 0 Å². The fraction of sp³-hybridized carbons (Fsp3) is 0.700. The van der Waals surface area contributed by atoms with Gasteiger partial charge in [0.1, 0.15) is 5.60 Å². The molecule has 0 bridgehead atoms. The van der Waals surface area contributed by atoms with Gasteiger partial charge in [-0.25, -0.2) is 0 Å². The highest BCUT2D eigenvalue weighted by Crippen LogP contribution is 2.34. The summed E-state index contributed by atoms with van der Waals surface area (Å²) in [4.78, 5) is 0. The van der Waals surface area contributed by atoms with Crippen molar-refractivity contribution >= 4 is 0 Å². The lowest BCUT2D eigenvalue weighted by atomic mass is 9.82. The molecule has 0 saturated carbocycles. The number of aliphatic hydroxyl groups is 1. The zero-order chi connectivity index (χ0) is 10.2. The van der Waals surface area contributed by atoms with Gasteiger partial charge in [-0.2, -0.15) is 5.10 Å². The lowest BCUT2D eigenvalue weighted by Gasteiger charge is -2.36. The topological polar surface area (TPSA) is 47.3 Å². The number of nitrogens with zero attached hydrogens (tertiary/aromatic N) is 2. The third-order valence-corrected chi connectivity index (χ3v) is 2.97. The summed E-state index contributed by atoms with van der Waals surface area (Å²) < 4.78 is 7.03. The average Bonchev–Trinajstić information content (AvgIpc) is 2.58. The molecule has 1 aliphatic heterocycles. The summed E-state index contributed by atoms with van der Waals surface area (Å²) in [6, 6.07) is 1.88. The van der Waals surface area contributed by atoms with Crippen LogP contribution in [-0.2, 0) is 17.4 Å². The molecule has 0 radical (unpaired) electrons. The Bertz CT molecular complexity index is 324. The summed E-state index contributed by atoms with van der Waals surface area (Å²) in [7, 11) is 1.86. The molecular weight excluding hydrogens is 180 g/mol. The molecule has 0 spiro atoms. The minimum absolute atomic E-state index is 0.103. The van der Waals surface area contributed by atoms with Gasteiger partial charge < -0.3 is 9.84 Å². The van der Waals surface area contributed by atoms with Crippen LogP contribution in [0.3, 0.4) is 0 Å². The van der Waals surface area contributed by atoms with E-state index in [1.54, 1.807) is 4.68 Å². The van der Waals surface area contributed by atoms with Crippen LogP contribution in [0.15, 0.2) is 12.3 Å². The zero-order valence-electron chi connectivity index (χ0n) is 8.60. The molecule has 2 heterocycles. The Labute approximate surface area is 83.5 Å². The van der Waals surface area contributed by atoms with Crippen molar-refractivity contribution in [2.45, 2.75) is 18.9 Å². The molecule has 2 atom stereocenters. The highest BCUT2D eigenvalue weighted by Gasteiger charge is 2.40. The van der Waals surface area contributed by atoms with Gasteiger partial charge in [0, 0.05) is 32.2 Å². The fourth-order valence-electron chi connectivity index (χ4n) is 1.90. The molecule has 0 amide bonds. The predicted octanol–water partition coefficient (Wildman–Crippen LogP) is 0.664. The lowest BCUT2D eigenvalue weighted by Crippen LogP contribution is -2.41. The van der Waals surface area contributed by atoms with Gasteiger partial charge in [-0.15, -0.1) is 0 Å². The summed E-state index contributed by atoms with van der Waals surface area (Å²) in [6.45, 7) is 3.21. The van der Waals surface area contributed by atoms with Crippen LogP contribution >= 0.6 is 0 Å². The molecule has 14 heavy (non-hydrogen) atoms. The average molecular weight is 196 g/mol. The smallest absolute Gasteiger partial charge is 0.115 e. The van der Waals surface area contributed by atoms with Crippen LogP contribution in [0.1, 0.15) is 19.0 Å². The Morgan fingerprint density at radius 3 is 3.07 bits per heavy atom. The van der Waals surface area contributed by atoms with Gasteiger partial charge in [0.2, 0.25) is 0 Å². The third kappa shape index (κ3) is 1.44. The minimum Gasteiger partial charge on any atom is -0.383 e. The van der Waals surface area contributed by atoms with E-state index in [2.05, 4.69) is 5.10 Å². The molecule has 1 aromatic heterocycles. The fourth-order valence-corrected chi connectivity index (χ4v) is 1.90. The van der Waals surface area contributed by atoms with Crippen molar-refractivity contribution in [1.82, 2.24) is 9.78 Å². The monoisotopic (exact) mass is 196 g/mol. The van der Waals surface area contributed by atoms with E-state index in [1.165, 1.54) is 0 Å². The summed E-state index contributed by atoms with van der Waals surface area (Å²) >= 11 is 0. The van der Waals surface area contributed by atoms with E-state index < -0.39 is 5.60 Å². The molecule has 1 aromatic rings. The molecule has 2 unspecified atom stereocenters. The number of hydrogen-bond donors (Lipinski definition) is 1. The van der Waals surface area contributed by atoms with E-state index in [0.717, 1.165) is 5.69 Å². The number of aromatic nitrogens is 2. The molecule has 0 aromatic carbocycles. The van der Waals surface area contributed by atoms with E-state index >= 15 is 0 Å². The van der Waals surface area contributed by atoms with Crippen molar-refractivity contribution in [3.05, 3.63) is 18.0 Å². The van der Waals surface area contributed by atoms with Crippen molar-refractivity contribution in [1.29, 1.82) is 0 Å². The molecule has 1 N–H and O–H groups in total. The van der Waals surface area contributed by atoms with Gasteiger partial charge in [-0.1, -0.05) is 6.92 Å². The predicted molar refractivity (Wildman–Crippen MR) is 51.7 cm³/mol. The zero-order valence-corrected chi connectivity index (χ0v) is 8.60. The maximum absolute atomic E-state index is 10.5. The van der Waals surface area contributed by atoms with Gasteiger partial charge in [0.05, 0.1) is 12.3 Å². The van der Waals surface area contributed by atoms with Gasteiger partial charge in [-0.05, 0) is 6.07 Å². The van der Waals surface area contributed by atoms with E-state index in [1.807, 2.05) is 26.2 Å². The third-order valence-electron chi connectivity index (χ3n) is 2.97. The Hall–Kier alpha value is -0.870. The second-order valence-electron chi connectivity index (χ2n) is 4.02. The Balaban J connectivity index is 2.29. The molecule has 1 saturated heterocycles. The van der Waals surface area contributed by atoms with E-state index in [9.17, 15) is 5.11 Å². The highest BCUT2D eigenvalue weighted by molar-refractivity contribution is 5.12. The van der Waals surface area contributed by atoms with Gasteiger partial charge in [-0.3, -0.25) is 4.68 Å². The summed E-state index contributed by atoms with van der Waals surface area (Å²) in [5, 5.41) is 14.7. The van der Waals surface area contributed by atoms with Crippen LogP contribution in [0.2, 0.25) is 0 Å². The van der Waals surface area contributed by atoms with Crippen LogP contribution in [0.4, 0.5) is 0 Å². The highest BCUT2D eigenvalue weighted by atomic mass is 16.5. The lowest BCUT2D eigenvalue weighted by molar-refractivity contribution is -0.114. The van der Waals surface area contributed by atoms with Crippen LogP contribution in [-0.4, -0.2) is 28.1 Å². The van der Waals surface area contributed by atoms with Crippen LogP contribution < -0.4 is 0 Å². The van der Waals surface area contributed by atoms with Crippen molar-refractivity contribution in [2.24, 2.45) is 13.0 Å². The molecule has 1 fully saturated rings. The first-order valence-electron chi connectivity index (χ1n) is 4.93. The first-order chi connectivity index (χ1) is 6.63. The van der Waals surface area contributed by atoms with Crippen molar-refractivity contribution < 1.29 is 9.84 Å². The summed E-state index contributed by atoms with van der Waals surface area (Å²) in [5.74, 6) is 0.103. The summed E-state index contributed by atoms with van der Waals surface area (Å²) in [5.41, 5.74) is -0.0460. The van der Waals surface area contributed by atoms with Crippen molar-refractivity contribution in [3.63, 3.8) is 0 Å². The maximum Gasteiger partial charge on any atom is 0.115 e. The Morgan fingerprint density at radius 1 is 1.71 bits per heavy atom. The van der Waals surface area contributed by atoms with Crippen LogP contribution in [0, 0.1) is 5.92 Å². The van der Waals surface area contributed by atoms with Gasteiger partial charge in [0.25, 0.3) is 0 Å². The largest absolute Gasteiger partial charge is 0.383 e. The quantitative estimate of drug-likeness (QED) is 0.718. The molecule has 78 valence electrons. The SMILES string of the molecule is CC1COCCC1(O)c1ccn(C)n1. The second kappa shape index (κ2) is 3.37. The normalized spacial score (nSPS) is 33.2. The van der Waals surface area contributed by atoms with E-state index in [4.69, 9.17) is 4.74 Å². The number of rotatable bonds is 1. The first kappa shape index (κ1) is 9.68. The maximum atomic E-state index is 10.5. The number of hydrogen-bond acceptors (Lipinski definition) is 3. The molecule has 2 rings (SSSR count). The Morgan fingerprint density at radius 2 is 2.50 bits per heavy atom. The van der Waals surface area contributed by atoms with E-state index in [0.29, 0.717) is 19.6 Å². The molecular formula is C10H16N2O2. The molecule has 4 heteroatoms. The Kier molecular flexibility index (Phi) is 2.33. The van der Waals surface area contributed by atoms with Crippen LogP contribution in [0.25, 0.3) is 0 Å². The second-order valence-corrected chi connectivity index (χ2v) is 4.02. The number of aryl methyl sites for hydroxylation is 1. The minimum atomic E-state index is -0.806. The standard InChI is InChI=1S/C10H16N2O2/c1-8-7-14-6-4-10(8,13)9-3-5-12(2)11-9/h3,5,8,13H,4,6-7H2,1-2H3. The van der Waals surface area contributed by atoms with Gasteiger partial charge >= 0.3 is 0 Å². The molecule has 4 nitrogen and oxygen atoms in total. The van der Waals surface area contributed by atoms with Crippen molar-refractivity contribution in [2.75, 3.05) is 13.2 Å². The molecule has 0 aliphatic carbocycles. The number of ether oxygens (including phenoxy) is 1. The van der Waals surface area contributed by atoms with E-state index in [-0.39, 0.29) is 5.92 Å². The summed E-state index contributed by atoms with van der Waals surface area (Å²) in [6.07, 6.45) is 2.49. The van der Waals surface area contributed by atoms with Crippen LogP contribution in [0.5, 0.6) is 0 Å². The first-order valence-corrected chi connectivity index (χ1v) is 4.93. The van der Waals surface area contributed by atoms with Crippen molar-refractivity contribution in [3.8, 4) is 0 Å².